The van der Waals surface area contributed by atoms with Crippen molar-refractivity contribution in [3.63, 3.8) is 0 Å². The second kappa shape index (κ2) is 8.05. The van der Waals surface area contributed by atoms with Crippen LogP contribution < -0.4 is 5.73 Å². The highest BCUT2D eigenvalue weighted by molar-refractivity contribution is 5.80. The highest BCUT2D eigenvalue weighted by atomic mass is 16.1. The second-order valence-corrected chi connectivity index (χ2v) is 4.15. The van der Waals surface area contributed by atoms with Crippen LogP contribution in [0, 0.1) is 0 Å². The van der Waals surface area contributed by atoms with Crippen LogP contribution in [0.15, 0.2) is 30.3 Å². The van der Waals surface area contributed by atoms with E-state index in [0.29, 0.717) is 18.6 Å². The molecular weight excluding hydrogens is 198 g/mol. The Hall–Kier alpha value is -1.15. The first-order chi connectivity index (χ1) is 7.83. The summed E-state index contributed by atoms with van der Waals surface area (Å²) in [4.78, 5) is 11.6. The molecule has 1 aromatic carbocycles. The van der Waals surface area contributed by atoms with E-state index in [2.05, 4.69) is 0 Å². The number of hydrogen-bond donors (Lipinski definition) is 1. The van der Waals surface area contributed by atoms with E-state index in [1.54, 1.807) is 0 Å². The van der Waals surface area contributed by atoms with Gasteiger partial charge in [0.15, 0.2) is 0 Å². The molecule has 0 atom stereocenters. The molecule has 0 amide bonds. The molecule has 88 valence electrons. The van der Waals surface area contributed by atoms with Gasteiger partial charge in [-0.3, -0.25) is 4.79 Å². The predicted molar refractivity (Wildman–Crippen MR) is 67.3 cm³/mol. The Labute approximate surface area is 97.9 Å². The summed E-state index contributed by atoms with van der Waals surface area (Å²) in [6.45, 7) is 0.762. The van der Waals surface area contributed by atoms with Gasteiger partial charge in [0.2, 0.25) is 0 Å². The molecule has 0 saturated carbocycles. The number of unbranched alkanes of at least 4 members (excludes halogenated alkanes) is 3. The number of ketones is 1. The Bertz CT molecular complexity index is 295. The van der Waals surface area contributed by atoms with Crippen LogP contribution in [0.3, 0.4) is 0 Å². The maximum Gasteiger partial charge on any atom is 0.137 e. The van der Waals surface area contributed by atoms with E-state index in [0.717, 1.165) is 37.8 Å². The van der Waals surface area contributed by atoms with Crippen LogP contribution in [0.25, 0.3) is 0 Å². The lowest BCUT2D eigenvalue weighted by atomic mass is 10.0. The highest BCUT2D eigenvalue weighted by Gasteiger charge is 2.02. The number of nitrogens with two attached hydrogens (primary N) is 1. The van der Waals surface area contributed by atoms with Crippen molar-refractivity contribution in [2.75, 3.05) is 6.54 Å². The van der Waals surface area contributed by atoms with Gasteiger partial charge in [-0.25, -0.2) is 0 Å². The van der Waals surface area contributed by atoms with Gasteiger partial charge >= 0.3 is 0 Å². The van der Waals surface area contributed by atoms with E-state index < -0.39 is 0 Å². The molecule has 1 aromatic rings. The standard InChI is InChI=1S/C14H21NO/c15-11-7-2-1-6-10-14(16)12-13-8-4-3-5-9-13/h3-5,8-9H,1-2,6-7,10-12,15H2. The fourth-order valence-corrected chi connectivity index (χ4v) is 1.73. The van der Waals surface area contributed by atoms with E-state index in [-0.39, 0.29) is 0 Å². The number of carbonyl (C=O) groups excluding carboxylic acids is 1. The zero-order valence-electron chi connectivity index (χ0n) is 9.82. The molecular formula is C14H21NO. The molecule has 0 radical (unpaired) electrons. The zero-order chi connectivity index (χ0) is 11.6. The second-order valence-electron chi connectivity index (χ2n) is 4.15. The lowest BCUT2D eigenvalue weighted by Gasteiger charge is -2.01. The fourth-order valence-electron chi connectivity index (χ4n) is 1.73. The molecule has 0 aliphatic heterocycles. The molecule has 0 fully saturated rings. The van der Waals surface area contributed by atoms with Crippen molar-refractivity contribution >= 4 is 5.78 Å². The maximum absolute atomic E-state index is 11.6. The monoisotopic (exact) mass is 219 g/mol. The summed E-state index contributed by atoms with van der Waals surface area (Å²) in [5.74, 6) is 0.346. The maximum atomic E-state index is 11.6. The Morgan fingerprint density at radius 3 is 2.38 bits per heavy atom. The van der Waals surface area contributed by atoms with Crippen LogP contribution in [-0.2, 0) is 11.2 Å². The number of rotatable bonds is 8. The van der Waals surface area contributed by atoms with Crippen molar-refractivity contribution in [1.82, 2.24) is 0 Å². The highest BCUT2D eigenvalue weighted by Crippen LogP contribution is 2.06. The Balaban J connectivity index is 2.12. The smallest absolute Gasteiger partial charge is 0.137 e. The van der Waals surface area contributed by atoms with E-state index in [4.69, 9.17) is 5.73 Å². The number of carbonyl (C=O) groups is 1. The van der Waals surface area contributed by atoms with Crippen molar-refractivity contribution in [3.05, 3.63) is 35.9 Å². The van der Waals surface area contributed by atoms with Crippen molar-refractivity contribution in [1.29, 1.82) is 0 Å². The van der Waals surface area contributed by atoms with Gasteiger partial charge in [0.05, 0.1) is 0 Å². The minimum absolute atomic E-state index is 0.346. The fraction of sp³-hybridized carbons (Fsp3) is 0.500. The minimum atomic E-state index is 0.346. The first-order valence-corrected chi connectivity index (χ1v) is 6.08. The zero-order valence-corrected chi connectivity index (χ0v) is 9.82. The van der Waals surface area contributed by atoms with Crippen LogP contribution >= 0.6 is 0 Å². The van der Waals surface area contributed by atoms with Crippen molar-refractivity contribution in [2.24, 2.45) is 5.73 Å². The summed E-state index contributed by atoms with van der Waals surface area (Å²) in [6, 6.07) is 9.94. The molecule has 1 rings (SSSR count). The van der Waals surface area contributed by atoms with Gasteiger partial charge in [0.25, 0.3) is 0 Å². The van der Waals surface area contributed by atoms with Crippen molar-refractivity contribution in [3.8, 4) is 0 Å². The van der Waals surface area contributed by atoms with E-state index in [9.17, 15) is 4.79 Å². The number of benzene rings is 1. The van der Waals surface area contributed by atoms with Gasteiger partial charge in [-0.1, -0.05) is 43.2 Å². The summed E-state index contributed by atoms with van der Waals surface area (Å²) in [5, 5.41) is 0. The van der Waals surface area contributed by atoms with Gasteiger partial charge in [0.1, 0.15) is 5.78 Å². The summed E-state index contributed by atoms with van der Waals surface area (Å²) in [7, 11) is 0. The Kier molecular flexibility index (Phi) is 6.50. The quantitative estimate of drug-likeness (QED) is 0.683. The average Bonchev–Trinajstić information content (AvgIpc) is 2.30. The topological polar surface area (TPSA) is 43.1 Å². The third-order valence-electron chi connectivity index (χ3n) is 2.65. The summed E-state index contributed by atoms with van der Waals surface area (Å²) < 4.78 is 0. The third kappa shape index (κ3) is 5.66. The molecule has 2 heteroatoms. The third-order valence-corrected chi connectivity index (χ3v) is 2.65. The molecule has 16 heavy (non-hydrogen) atoms. The molecule has 0 aliphatic carbocycles. The molecule has 0 unspecified atom stereocenters. The Morgan fingerprint density at radius 1 is 1.00 bits per heavy atom. The van der Waals surface area contributed by atoms with Crippen LogP contribution in [-0.4, -0.2) is 12.3 Å². The van der Waals surface area contributed by atoms with Crippen molar-refractivity contribution in [2.45, 2.75) is 38.5 Å². The van der Waals surface area contributed by atoms with Crippen LogP contribution in [0.4, 0.5) is 0 Å². The molecule has 0 bridgehead atoms. The molecule has 0 heterocycles. The molecule has 2 nitrogen and oxygen atoms in total. The molecule has 2 N–H and O–H groups in total. The van der Waals surface area contributed by atoms with Crippen molar-refractivity contribution < 1.29 is 4.79 Å². The largest absolute Gasteiger partial charge is 0.330 e. The normalized spacial score (nSPS) is 10.3. The van der Waals surface area contributed by atoms with Gasteiger partial charge in [0, 0.05) is 12.8 Å². The van der Waals surface area contributed by atoms with Crippen LogP contribution in [0.1, 0.15) is 37.7 Å². The van der Waals surface area contributed by atoms with Crippen LogP contribution in [0.2, 0.25) is 0 Å². The minimum Gasteiger partial charge on any atom is -0.330 e. The first-order valence-electron chi connectivity index (χ1n) is 6.08. The van der Waals surface area contributed by atoms with Crippen LogP contribution in [0.5, 0.6) is 0 Å². The SMILES string of the molecule is NCCCCCCC(=O)Cc1ccccc1. The lowest BCUT2D eigenvalue weighted by Crippen LogP contribution is -2.02. The average molecular weight is 219 g/mol. The van der Waals surface area contributed by atoms with E-state index in [1.807, 2.05) is 30.3 Å². The summed E-state index contributed by atoms with van der Waals surface area (Å²) >= 11 is 0. The van der Waals surface area contributed by atoms with E-state index >= 15 is 0 Å². The lowest BCUT2D eigenvalue weighted by molar-refractivity contribution is -0.118. The predicted octanol–water partition coefficient (Wildman–Crippen LogP) is 2.71. The molecule has 0 spiro atoms. The molecule has 0 saturated heterocycles. The molecule has 0 aromatic heterocycles. The summed E-state index contributed by atoms with van der Waals surface area (Å²) in [6.07, 6.45) is 5.64. The first kappa shape index (κ1) is 12.9. The van der Waals surface area contributed by atoms with E-state index in [1.165, 1.54) is 0 Å². The summed E-state index contributed by atoms with van der Waals surface area (Å²) in [5.41, 5.74) is 6.53. The van der Waals surface area contributed by atoms with Gasteiger partial charge in [-0.2, -0.15) is 0 Å². The number of Topliss-reactive ketones (excluding diaryl/α,β-unsaturated/α-hetero) is 1. The van der Waals surface area contributed by atoms with Gasteiger partial charge < -0.3 is 5.73 Å². The Morgan fingerprint density at radius 2 is 1.69 bits per heavy atom. The number of hydrogen-bond acceptors (Lipinski definition) is 2. The molecule has 0 aliphatic rings. The van der Waals surface area contributed by atoms with Gasteiger partial charge in [-0.15, -0.1) is 0 Å². The van der Waals surface area contributed by atoms with Gasteiger partial charge in [-0.05, 0) is 24.9 Å².